The maximum absolute atomic E-state index is 13.5. The third kappa shape index (κ3) is 4.66. The monoisotopic (exact) mass is 357 g/mol. The second-order valence-corrected chi connectivity index (χ2v) is 5.61. The van der Waals surface area contributed by atoms with Gasteiger partial charge < -0.3 is 10.1 Å². The zero-order chi connectivity index (χ0) is 18.4. The molecule has 0 saturated carbocycles. The molecule has 0 unspecified atom stereocenters. The smallest absolute Gasteiger partial charge is 0.258 e. The van der Waals surface area contributed by atoms with Gasteiger partial charge in [-0.05, 0) is 29.3 Å². The van der Waals surface area contributed by atoms with Crippen molar-refractivity contribution in [1.29, 1.82) is 0 Å². The largest absolute Gasteiger partial charge is 0.481 e. The summed E-state index contributed by atoms with van der Waals surface area (Å²) in [6.45, 7) is 0.547. The molecule has 1 heterocycles. The van der Waals surface area contributed by atoms with Crippen molar-refractivity contribution in [2.75, 3.05) is 6.61 Å². The van der Waals surface area contributed by atoms with E-state index >= 15 is 0 Å². The average Bonchev–Trinajstić information content (AvgIpc) is 3.13. The normalized spacial score (nSPS) is 10.5. The van der Waals surface area contributed by atoms with E-state index in [0.717, 1.165) is 23.3 Å². The van der Waals surface area contributed by atoms with Gasteiger partial charge in [-0.15, -0.1) is 0 Å². The Kier molecular flexibility index (Phi) is 5.58. The lowest BCUT2D eigenvalue weighted by Crippen LogP contribution is -2.29. The number of ether oxygens (including phenoxy) is 1. The Hall–Kier alpha value is -3.22. The fourth-order valence-electron chi connectivity index (χ4n) is 2.43. The van der Waals surface area contributed by atoms with Gasteiger partial charge in [0.05, 0.1) is 6.54 Å². The molecular formula is C19H17F2N3O2. The molecule has 5 nitrogen and oxygen atoms in total. The zero-order valence-corrected chi connectivity index (χ0v) is 13.9. The molecule has 0 aliphatic carbocycles. The highest BCUT2D eigenvalue weighted by Crippen LogP contribution is 2.17. The molecule has 134 valence electrons. The summed E-state index contributed by atoms with van der Waals surface area (Å²) in [6, 6.07) is 12.5. The SMILES string of the molecule is O=C(COc1ccc(F)cc1F)NCc1ccccc1Cn1cccn1. The number of benzene rings is 2. The fourth-order valence-corrected chi connectivity index (χ4v) is 2.43. The van der Waals surface area contributed by atoms with E-state index in [2.05, 4.69) is 10.4 Å². The van der Waals surface area contributed by atoms with Crippen molar-refractivity contribution in [1.82, 2.24) is 15.1 Å². The van der Waals surface area contributed by atoms with Gasteiger partial charge in [-0.3, -0.25) is 9.48 Å². The summed E-state index contributed by atoms with van der Waals surface area (Å²) in [7, 11) is 0. The summed E-state index contributed by atoms with van der Waals surface area (Å²) in [5, 5.41) is 6.90. The number of aromatic nitrogens is 2. The van der Waals surface area contributed by atoms with Crippen molar-refractivity contribution in [3.05, 3.63) is 83.7 Å². The molecular weight excluding hydrogens is 340 g/mol. The average molecular weight is 357 g/mol. The van der Waals surface area contributed by atoms with Gasteiger partial charge in [0, 0.05) is 25.0 Å². The molecule has 3 aromatic rings. The van der Waals surface area contributed by atoms with Crippen molar-refractivity contribution in [2.45, 2.75) is 13.1 Å². The Morgan fingerprint density at radius 1 is 1.12 bits per heavy atom. The van der Waals surface area contributed by atoms with Gasteiger partial charge in [-0.2, -0.15) is 5.10 Å². The summed E-state index contributed by atoms with van der Waals surface area (Å²) in [6.07, 6.45) is 3.57. The van der Waals surface area contributed by atoms with Crippen molar-refractivity contribution in [3.8, 4) is 5.75 Å². The molecule has 3 rings (SSSR count). The minimum absolute atomic E-state index is 0.166. The summed E-state index contributed by atoms with van der Waals surface area (Å²) in [5.41, 5.74) is 1.98. The second-order valence-electron chi connectivity index (χ2n) is 5.61. The number of hydrogen-bond donors (Lipinski definition) is 1. The number of amides is 1. The third-order valence-electron chi connectivity index (χ3n) is 3.74. The Morgan fingerprint density at radius 3 is 2.65 bits per heavy atom. The number of rotatable bonds is 7. The molecule has 1 aromatic heterocycles. The van der Waals surface area contributed by atoms with Gasteiger partial charge in [-0.25, -0.2) is 8.78 Å². The van der Waals surface area contributed by atoms with Crippen LogP contribution in [0.1, 0.15) is 11.1 Å². The summed E-state index contributed by atoms with van der Waals surface area (Å²) in [4.78, 5) is 11.9. The van der Waals surface area contributed by atoms with Crippen LogP contribution in [0.2, 0.25) is 0 Å². The van der Waals surface area contributed by atoms with E-state index in [-0.39, 0.29) is 12.4 Å². The van der Waals surface area contributed by atoms with Crippen LogP contribution in [0, 0.1) is 11.6 Å². The first kappa shape index (κ1) is 17.6. The Labute approximate surface area is 149 Å². The predicted octanol–water partition coefficient (Wildman–Crippen LogP) is 2.90. The zero-order valence-electron chi connectivity index (χ0n) is 13.9. The first-order valence-electron chi connectivity index (χ1n) is 8.00. The van der Waals surface area contributed by atoms with E-state index in [1.54, 1.807) is 10.9 Å². The standard InChI is InChI=1S/C19H17F2N3O2/c20-16-6-7-18(17(21)10-16)26-13-19(25)22-11-14-4-1-2-5-15(14)12-24-9-3-8-23-24/h1-10H,11-13H2,(H,22,25). The van der Waals surface area contributed by atoms with Gasteiger partial charge in [0.15, 0.2) is 18.2 Å². The van der Waals surface area contributed by atoms with Gasteiger partial charge in [0.25, 0.3) is 5.91 Å². The number of nitrogens with one attached hydrogen (secondary N) is 1. The third-order valence-corrected chi connectivity index (χ3v) is 3.74. The Bertz CT molecular complexity index is 882. The molecule has 0 fully saturated rings. The molecule has 7 heteroatoms. The molecule has 0 aliphatic heterocycles. The van der Waals surface area contributed by atoms with Crippen LogP contribution < -0.4 is 10.1 Å². The quantitative estimate of drug-likeness (QED) is 0.707. The van der Waals surface area contributed by atoms with E-state index in [1.165, 1.54) is 0 Å². The first-order valence-corrected chi connectivity index (χ1v) is 8.00. The van der Waals surface area contributed by atoms with E-state index < -0.39 is 17.5 Å². The molecule has 0 aliphatic rings. The van der Waals surface area contributed by atoms with Crippen molar-refractivity contribution >= 4 is 5.91 Å². The van der Waals surface area contributed by atoms with Crippen LogP contribution in [0.15, 0.2) is 60.9 Å². The lowest BCUT2D eigenvalue weighted by atomic mass is 10.1. The molecule has 1 amide bonds. The molecule has 26 heavy (non-hydrogen) atoms. The van der Waals surface area contributed by atoms with Crippen LogP contribution in [-0.2, 0) is 17.9 Å². The van der Waals surface area contributed by atoms with Crippen LogP contribution in [0.3, 0.4) is 0 Å². The second kappa shape index (κ2) is 8.24. The van der Waals surface area contributed by atoms with E-state index in [0.29, 0.717) is 19.2 Å². The highest BCUT2D eigenvalue weighted by molar-refractivity contribution is 5.77. The van der Waals surface area contributed by atoms with Crippen LogP contribution in [0.25, 0.3) is 0 Å². The van der Waals surface area contributed by atoms with Gasteiger partial charge in [-0.1, -0.05) is 24.3 Å². The van der Waals surface area contributed by atoms with Gasteiger partial charge in [0.2, 0.25) is 0 Å². The summed E-state index contributed by atoms with van der Waals surface area (Å²) in [5.74, 6) is -2.11. The van der Waals surface area contributed by atoms with Crippen molar-refractivity contribution in [2.24, 2.45) is 0 Å². The van der Waals surface area contributed by atoms with E-state index in [1.807, 2.05) is 36.5 Å². The summed E-state index contributed by atoms with van der Waals surface area (Å²) >= 11 is 0. The van der Waals surface area contributed by atoms with E-state index in [4.69, 9.17) is 4.74 Å². The van der Waals surface area contributed by atoms with Gasteiger partial charge >= 0.3 is 0 Å². The summed E-state index contributed by atoms with van der Waals surface area (Å²) < 4.78 is 33.2. The number of halogens is 2. The topological polar surface area (TPSA) is 56.1 Å². The van der Waals surface area contributed by atoms with E-state index in [9.17, 15) is 13.6 Å². The van der Waals surface area contributed by atoms with Crippen LogP contribution >= 0.6 is 0 Å². The van der Waals surface area contributed by atoms with Crippen LogP contribution in [0.4, 0.5) is 8.78 Å². The maximum Gasteiger partial charge on any atom is 0.258 e. The van der Waals surface area contributed by atoms with Crippen LogP contribution in [0.5, 0.6) is 5.75 Å². The molecule has 0 saturated heterocycles. The molecule has 0 spiro atoms. The first-order chi connectivity index (χ1) is 12.6. The molecule has 1 N–H and O–H groups in total. The molecule has 0 bridgehead atoms. The van der Waals surface area contributed by atoms with Crippen molar-refractivity contribution < 1.29 is 18.3 Å². The highest BCUT2D eigenvalue weighted by atomic mass is 19.1. The number of carbonyl (C=O) groups excluding carboxylic acids is 1. The number of carbonyl (C=O) groups is 1. The minimum atomic E-state index is -0.845. The lowest BCUT2D eigenvalue weighted by Gasteiger charge is -2.12. The minimum Gasteiger partial charge on any atom is -0.481 e. The predicted molar refractivity (Wildman–Crippen MR) is 91.5 cm³/mol. The Balaban J connectivity index is 1.54. The highest BCUT2D eigenvalue weighted by Gasteiger charge is 2.09. The van der Waals surface area contributed by atoms with Gasteiger partial charge in [0.1, 0.15) is 5.82 Å². The Morgan fingerprint density at radius 2 is 1.92 bits per heavy atom. The number of nitrogens with zero attached hydrogens (tertiary/aromatic N) is 2. The molecule has 2 aromatic carbocycles. The maximum atomic E-state index is 13.5. The van der Waals surface area contributed by atoms with Crippen molar-refractivity contribution in [3.63, 3.8) is 0 Å². The van der Waals surface area contributed by atoms with Crippen LogP contribution in [-0.4, -0.2) is 22.3 Å². The molecule has 0 atom stereocenters. The molecule has 0 radical (unpaired) electrons. The number of hydrogen-bond acceptors (Lipinski definition) is 3. The fraction of sp³-hybridized carbons (Fsp3) is 0.158. The lowest BCUT2D eigenvalue weighted by molar-refractivity contribution is -0.123.